The first kappa shape index (κ1) is 14.8. The second-order valence-electron chi connectivity index (χ2n) is 5.13. The molecule has 0 saturated heterocycles. The van der Waals surface area contributed by atoms with Gasteiger partial charge in [0.2, 0.25) is 0 Å². The van der Waals surface area contributed by atoms with Gasteiger partial charge in [-0.1, -0.05) is 12.1 Å². The highest BCUT2D eigenvalue weighted by atomic mass is 16.2. The molecule has 0 aliphatic carbocycles. The predicted molar refractivity (Wildman–Crippen MR) is 85.2 cm³/mol. The molecule has 0 unspecified atom stereocenters. The third-order valence-corrected chi connectivity index (χ3v) is 3.54. The van der Waals surface area contributed by atoms with Crippen molar-refractivity contribution in [2.24, 2.45) is 7.05 Å². The Balaban J connectivity index is 1.61. The molecule has 0 bridgehead atoms. The number of hydrogen-bond acceptors (Lipinski definition) is 3. The van der Waals surface area contributed by atoms with Gasteiger partial charge in [0.25, 0.3) is 11.7 Å². The summed E-state index contributed by atoms with van der Waals surface area (Å²) < 4.78 is 3.38. The summed E-state index contributed by atoms with van der Waals surface area (Å²) in [7, 11) is 1.73. The molecule has 1 amide bonds. The molecule has 0 radical (unpaired) electrons. The molecule has 0 atom stereocenters. The second kappa shape index (κ2) is 6.31. The average Bonchev–Trinajstić information content (AvgIpc) is 3.24. The van der Waals surface area contributed by atoms with E-state index in [1.165, 1.54) is 0 Å². The number of nitrogens with zero attached hydrogens (tertiary/aromatic N) is 3. The van der Waals surface area contributed by atoms with Crippen molar-refractivity contribution in [3.8, 4) is 5.69 Å². The Hall–Kier alpha value is -3.15. The van der Waals surface area contributed by atoms with E-state index in [-0.39, 0.29) is 0 Å². The Kier molecular flexibility index (Phi) is 4.05. The van der Waals surface area contributed by atoms with Gasteiger partial charge in [0.1, 0.15) is 0 Å². The van der Waals surface area contributed by atoms with Crippen molar-refractivity contribution in [2.75, 3.05) is 0 Å². The highest BCUT2D eigenvalue weighted by Crippen LogP contribution is 2.08. The Morgan fingerprint density at radius 3 is 2.48 bits per heavy atom. The number of aryl methyl sites for hydroxylation is 1. The first-order valence-electron chi connectivity index (χ1n) is 7.18. The van der Waals surface area contributed by atoms with E-state index < -0.39 is 11.7 Å². The van der Waals surface area contributed by atoms with E-state index in [2.05, 4.69) is 10.4 Å². The Morgan fingerprint density at radius 1 is 1.09 bits per heavy atom. The number of carbonyl (C=O) groups is 2. The summed E-state index contributed by atoms with van der Waals surface area (Å²) in [6, 6.07) is 12.8. The van der Waals surface area contributed by atoms with Crippen LogP contribution in [0.25, 0.3) is 5.69 Å². The van der Waals surface area contributed by atoms with Gasteiger partial charge in [0, 0.05) is 32.2 Å². The number of hydrogen-bond donors (Lipinski definition) is 1. The van der Waals surface area contributed by atoms with Crippen LogP contribution in [0, 0.1) is 0 Å². The van der Waals surface area contributed by atoms with Crippen LogP contribution in [0.15, 0.2) is 61.1 Å². The van der Waals surface area contributed by atoms with Gasteiger partial charge in [0.15, 0.2) is 0 Å². The molecule has 0 aliphatic rings. The Labute approximate surface area is 133 Å². The molecule has 0 saturated carbocycles. The molecule has 6 heteroatoms. The number of rotatable bonds is 5. The highest BCUT2D eigenvalue weighted by molar-refractivity contribution is 6.42. The van der Waals surface area contributed by atoms with E-state index in [1.54, 1.807) is 40.8 Å². The first-order valence-corrected chi connectivity index (χ1v) is 7.18. The Bertz CT molecular complexity index is 817. The van der Waals surface area contributed by atoms with E-state index in [4.69, 9.17) is 0 Å². The summed E-state index contributed by atoms with van der Waals surface area (Å²) in [5, 5.41) is 6.79. The molecule has 0 fully saturated rings. The largest absolute Gasteiger partial charge is 0.348 e. The zero-order valence-electron chi connectivity index (χ0n) is 12.6. The van der Waals surface area contributed by atoms with Gasteiger partial charge in [0.05, 0.1) is 11.4 Å². The number of nitrogens with one attached hydrogen (secondary N) is 1. The molecule has 3 rings (SSSR count). The van der Waals surface area contributed by atoms with Crippen LogP contribution in [0.3, 0.4) is 0 Å². The van der Waals surface area contributed by atoms with Crippen LogP contribution < -0.4 is 5.32 Å². The summed E-state index contributed by atoms with van der Waals surface area (Å²) in [5.74, 6) is -1.14. The van der Waals surface area contributed by atoms with Crippen molar-refractivity contribution >= 4 is 11.7 Å². The predicted octanol–water partition coefficient (Wildman–Crippen LogP) is 1.71. The minimum atomic E-state index is -0.608. The lowest BCUT2D eigenvalue weighted by atomic mass is 10.2. The summed E-state index contributed by atoms with van der Waals surface area (Å²) in [5.41, 5.74) is 2.22. The fraction of sp³-hybridized carbons (Fsp3) is 0.118. The Morgan fingerprint density at radius 2 is 1.87 bits per heavy atom. The lowest BCUT2D eigenvalue weighted by molar-refractivity contribution is -0.117. The minimum Gasteiger partial charge on any atom is -0.348 e. The molecule has 2 aromatic heterocycles. The van der Waals surface area contributed by atoms with Gasteiger partial charge in [-0.15, -0.1) is 0 Å². The van der Waals surface area contributed by atoms with Crippen LogP contribution in [-0.4, -0.2) is 26.0 Å². The summed E-state index contributed by atoms with van der Waals surface area (Å²) in [6.45, 7) is 0.300. The molecule has 2 heterocycles. The van der Waals surface area contributed by atoms with Gasteiger partial charge in [-0.05, 0) is 35.9 Å². The van der Waals surface area contributed by atoms with Crippen molar-refractivity contribution < 1.29 is 9.59 Å². The zero-order valence-corrected chi connectivity index (χ0v) is 12.6. The molecule has 3 aromatic rings. The van der Waals surface area contributed by atoms with Crippen molar-refractivity contribution in [3.63, 3.8) is 0 Å². The van der Waals surface area contributed by atoms with E-state index >= 15 is 0 Å². The normalized spacial score (nSPS) is 10.5. The van der Waals surface area contributed by atoms with Crippen LogP contribution in [0.4, 0.5) is 0 Å². The lowest BCUT2D eigenvalue weighted by Gasteiger charge is -2.07. The fourth-order valence-corrected chi connectivity index (χ4v) is 2.26. The maximum atomic E-state index is 12.0. The lowest BCUT2D eigenvalue weighted by Crippen LogP contribution is -2.31. The van der Waals surface area contributed by atoms with Crippen LogP contribution in [0.2, 0.25) is 0 Å². The van der Waals surface area contributed by atoms with Crippen molar-refractivity contribution in [1.82, 2.24) is 19.7 Å². The summed E-state index contributed by atoms with van der Waals surface area (Å²) in [4.78, 5) is 23.9. The van der Waals surface area contributed by atoms with E-state index in [0.29, 0.717) is 12.2 Å². The van der Waals surface area contributed by atoms with Crippen LogP contribution in [-0.2, 0) is 18.4 Å². The highest BCUT2D eigenvalue weighted by Gasteiger charge is 2.17. The van der Waals surface area contributed by atoms with E-state index in [1.807, 2.05) is 36.5 Å². The minimum absolute atomic E-state index is 0.300. The number of aromatic nitrogens is 3. The maximum Gasteiger partial charge on any atom is 0.294 e. The molecule has 1 aromatic carbocycles. The van der Waals surface area contributed by atoms with Gasteiger partial charge in [-0.2, -0.15) is 5.10 Å². The molecule has 1 N–H and O–H groups in total. The maximum absolute atomic E-state index is 12.0. The van der Waals surface area contributed by atoms with Gasteiger partial charge >= 0.3 is 0 Å². The number of Topliss-reactive ketones (excluding diaryl/α,β-unsaturated/α-hetero) is 1. The summed E-state index contributed by atoms with van der Waals surface area (Å²) >= 11 is 0. The topological polar surface area (TPSA) is 68.9 Å². The van der Waals surface area contributed by atoms with Crippen molar-refractivity contribution in [3.05, 3.63) is 72.3 Å². The van der Waals surface area contributed by atoms with Crippen molar-refractivity contribution in [1.29, 1.82) is 0 Å². The SMILES string of the molecule is Cn1cccc1C(=O)C(=O)NCc1ccc(-n2cccn2)cc1. The second-order valence-corrected chi connectivity index (χ2v) is 5.13. The zero-order chi connectivity index (χ0) is 16.2. The standard InChI is InChI=1S/C17H16N4O2/c1-20-10-2-4-15(20)16(22)17(23)18-12-13-5-7-14(8-6-13)21-11-3-9-19-21/h2-11H,12H2,1H3,(H,18,23). The first-order chi connectivity index (χ1) is 11.1. The monoisotopic (exact) mass is 308 g/mol. The fourth-order valence-electron chi connectivity index (χ4n) is 2.26. The van der Waals surface area contributed by atoms with Gasteiger partial charge in [-0.25, -0.2) is 4.68 Å². The molecule has 6 nitrogen and oxygen atoms in total. The van der Waals surface area contributed by atoms with E-state index in [0.717, 1.165) is 11.3 Å². The van der Waals surface area contributed by atoms with E-state index in [9.17, 15) is 9.59 Å². The smallest absolute Gasteiger partial charge is 0.294 e. The average molecular weight is 308 g/mol. The number of amides is 1. The van der Waals surface area contributed by atoms with Crippen LogP contribution in [0.1, 0.15) is 16.1 Å². The number of benzene rings is 1. The van der Waals surface area contributed by atoms with Crippen LogP contribution in [0.5, 0.6) is 0 Å². The number of carbonyl (C=O) groups excluding carboxylic acids is 2. The molecule has 23 heavy (non-hydrogen) atoms. The third kappa shape index (κ3) is 3.21. The molecular weight excluding hydrogens is 292 g/mol. The number of ketones is 1. The van der Waals surface area contributed by atoms with Crippen molar-refractivity contribution in [2.45, 2.75) is 6.54 Å². The molecular formula is C17H16N4O2. The van der Waals surface area contributed by atoms with Gasteiger partial charge in [-0.3, -0.25) is 9.59 Å². The quantitative estimate of drug-likeness (QED) is 0.576. The summed E-state index contributed by atoms with van der Waals surface area (Å²) in [6.07, 6.45) is 5.30. The van der Waals surface area contributed by atoms with Crippen LogP contribution >= 0.6 is 0 Å². The molecule has 116 valence electrons. The molecule has 0 aliphatic heterocycles. The molecule has 0 spiro atoms. The third-order valence-electron chi connectivity index (χ3n) is 3.54. The van der Waals surface area contributed by atoms with Gasteiger partial charge < -0.3 is 9.88 Å².